The molecule has 0 radical (unpaired) electrons. The van der Waals surface area contributed by atoms with E-state index in [1.165, 1.54) is 14.6 Å². The molecule has 0 bridgehead atoms. The van der Waals surface area contributed by atoms with Gasteiger partial charge in [-0.15, -0.1) is 11.3 Å². The summed E-state index contributed by atoms with van der Waals surface area (Å²) in [6.45, 7) is 5.15. The van der Waals surface area contributed by atoms with E-state index < -0.39 is 0 Å². The van der Waals surface area contributed by atoms with Crippen molar-refractivity contribution >= 4 is 65.7 Å². The molecule has 0 atom stereocenters. The summed E-state index contributed by atoms with van der Waals surface area (Å²) >= 11 is 5.59. The largest absolute Gasteiger partial charge is 1.00 e. The van der Waals surface area contributed by atoms with E-state index in [4.69, 9.17) is 10.5 Å². The van der Waals surface area contributed by atoms with Gasteiger partial charge in [-0.2, -0.15) is 15.1 Å². The predicted molar refractivity (Wildman–Crippen MR) is 131 cm³/mol. The molecular weight excluding hydrogens is 638 g/mol. The third kappa shape index (κ3) is 7.41. The summed E-state index contributed by atoms with van der Waals surface area (Å²) in [6, 6.07) is 20.5. The molecule has 2 aromatic heterocycles. The molecule has 0 unspecified atom stereocenters. The SMILES string of the molecule is CCI.CC[n+]1c(CC#N)sc2ccccc21.N#CCc1nc2ccccc2s1.[I-]. The molecule has 0 N–H and O–H groups in total. The number of aromatic nitrogens is 2. The Kier molecular flexibility index (Phi) is 13.0. The van der Waals surface area contributed by atoms with Crippen LogP contribution in [0.4, 0.5) is 0 Å². The number of fused-ring (bicyclic) bond motifs is 2. The van der Waals surface area contributed by atoms with Crippen LogP contribution in [0.2, 0.25) is 0 Å². The number of aryl methyl sites for hydroxylation is 1. The molecular formula is C22H22I2N4S2. The van der Waals surface area contributed by atoms with Crippen molar-refractivity contribution in [3.05, 3.63) is 58.5 Å². The predicted octanol–water partition coefficient (Wildman–Crippen LogP) is 3.08. The summed E-state index contributed by atoms with van der Waals surface area (Å²) in [6.07, 6.45) is 0.923. The van der Waals surface area contributed by atoms with E-state index in [2.05, 4.69) is 70.3 Å². The average molecular weight is 660 g/mol. The van der Waals surface area contributed by atoms with Gasteiger partial charge in [0.05, 0.1) is 28.8 Å². The molecule has 0 aliphatic heterocycles. The monoisotopic (exact) mass is 660 g/mol. The summed E-state index contributed by atoms with van der Waals surface area (Å²) in [7, 11) is 0. The number of alkyl halides is 1. The van der Waals surface area contributed by atoms with Gasteiger partial charge in [-0.25, -0.2) is 4.98 Å². The molecule has 30 heavy (non-hydrogen) atoms. The number of nitriles is 2. The molecule has 2 heterocycles. The van der Waals surface area contributed by atoms with E-state index in [1.54, 1.807) is 22.7 Å². The van der Waals surface area contributed by atoms with Crippen LogP contribution in [-0.4, -0.2) is 9.41 Å². The van der Waals surface area contributed by atoms with Crippen LogP contribution in [0.5, 0.6) is 0 Å². The Morgan fingerprint density at radius 2 is 1.53 bits per heavy atom. The Bertz CT molecular complexity index is 1110. The van der Waals surface area contributed by atoms with Crippen LogP contribution < -0.4 is 28.5 Å². The van der Waals surface area contributed by atoms with Crippen LogP contribution in [0.1, 0.15) is 23.9 Å². The van der Waals surface area contributed by atoms with Gasteiger partial charge in [0.25, 0.3) is 5.01 Å². The maximum Gasteiger partial charge on any atom is 0.252 e. The first-order chi connectivity index (χ1) is 14.2. The highest BCUT2D eigenvalue weighted by atomic mass is 127. The minimum Gasteiger partial charge on any atom is -1.00 e. The number of hydrogen-bond acceptors (Lipinski definition) is 5. The van der Waals surface area contributed by atoms with Gasteiger partial charge >= 0.3 is 0 Å². The lowest BCUT2D eigenvalue weighted by Gasteiger charge is -1.90. The second kappa shape index (κ2) is 14.6. The van der Waals surface area contributed by atoms with Crippen molar-refractivity contribution in [1.29, 1.82) is 10.5 Å². The van der Waals surface area contributed by atoms with Crippen LogP contribution in [0.25, 0.3) is 20.4 Å². The van der Waals surface area contributed by atoms with Crippen LogP contribution in [0.3, 0.4) is 0 Å². The molecule has 8 heteroatoms. The molecule has 4 aromatic rings. The third-order valence-corrected chi connectivity index (χ3v) is 6.00. The highest BCUT2D eigenvalue weighted by Gasteiger charge is 2.17. The van der Waals surface area contributed by atoms with Gasteiger partial charge in [0.15, 0.2) is 0 Å². The van der Waals surface area contributed by atoms with Gasteiger partial charge in [0, 0.05) is 6.07 Å². The Balaban J connectivity index is 0.000000260. The molecule has 0 aliphatic rings. The molecule has 4 rings (SSSR count). The number of para-hydroxylation sites is 2. The van der Waals surface area contributed by atoms with Gasteiger partial charge in [0.2, 0.25) is 5.52 Å². The topological polar surface area (TPSA) is 64.3 Å². The molecule has 156 valence electrons. The van der Waals surface area contributed by atoms with Crippen LogP contribution >= 0.6 is 45.3 Å². The van der Waals surface area contributed by atoms with Gasteiger partial charge in [-0.1, -0.05) is 65.1 Å². The third-order valence-electron chi connectivity index (χ3n) is 3.80. The second-order valence-electron chi connectivity index (χ2n) is 5.72. The lowest BCUT2D eigenvalue weighted by Crippen LogP contribution is -3.00. The van der Waals surface area contributed by atoms with Crippen molar-refractivity contribution < 1.29 is 28.5 Å². The Morgan fingerprint density at radius 3 is 2.13 bits per heavy atom. The number of rotatable bonds is 3. The first-order valence-electron chi connectivity index (χ1n) is 9.22. The lowest BCUT2D eigenvalue weighted by atomic mass is 10.3. The molecule has 4 nitrogen and oxygen atoms in total. The molecule has 0 amide bonds. The van der Waals surface area contributed by atoms with Crippen molar-refractivity contribution in [2.45, 2.75) is 33.2 Å². The highest BCUT2D eigenvalue weighted by molar-refractivity contribution is 14.1. The lowest BCUT2D eigenvalue weighted by molar-refractivity contribution is -0.670. The van der Waals surface area contributed by atoms with E-state index in [9.17, 15) is 0 Å². The molecule has 0 aliphatic carbocycles. The van der Waals surface area contributed by atoms with Crippen molar-refractivity contribution in [3.63, 3.8) is 0 Å². The fraction of sp³-hybridized carbons (Fsp3) is 0.273. The van der Waals surface area contributed by atoms with Crippen molar-refractivity contribution in [3.8, 4) is 12.1 Å². The van der Waals surface area contributed by atoms with E-state index in [1.807, 2.05) is 36.4 Å². The Morgan fingerprint density at radius 1 is 0.933 bits per heavy atom. The smallest absolute Gasteiger partial charge is 0.252 e. The minimum atomic E-state index is 0. The summed E-state index contributed by atoms with van der Waals surface area (Å²) in [4.78, 5) is 4.30. The minimum absolute atomic E-state index is 0. The van der Waals surface area contributed by atoms with Gasteiger partial charge < -0.3 is 24.0 Å². The summed E-state index contributed by atoms with van der Waals surface area (Å²) in [5, 5.41) is 19.2. The Labute approximate surface area is 216 Å². The van der Waals surface area contributed by atoms with Gasteiger partial charge in [-0.3, -0.25) is 0 Å². The van der Waals surface area contributed by atoms with Crippen molar-refractivity contribution in [2.24, 2.45) is 0 Å². The van der Waals surface area contributed by atoms with Crippen molar-refractivity contribution in [2.75, 3.05) is 4.43 Å². The van der Waals surface area contributed by atoms with E-state index in [0.717, 1.165) is 26.8 Å². The molecule has 0 saturated carbocycles. The zero-order valence-electron chi connectivity index (χ0n) is 16.8. The summed E-state index contributed by atoms with van der Waals surface area (Å²) in [5.74, 6) is 0. The first-order valence-corrected chi connectivity index (χ1v) is 12.4. The number of nitrogens with zero attached hydrogens (tertiary/aromatic N) is 4. The van der Waals surface area contributed by atoms with Crippen LogP contribution in [0, 0.1) is 22.7 Å². The highest BCUT2D eigenvalue weighted by Crippen LogP contribution is 2.21. The quantitative estimate of drug-likeness (QED) is 0.193. The number of hydrogen-bond donors (Lipinski definition) is 0. The molecule has 2 aromatic carbocycles. The number of thiazole rings is 2. The fourth-order valence-electron chi connectivity index (χ4n) is 2.69. The van der Waals surface area contributed by atoms with Crippen LogP contribution in [-0.2, 0) is 19.4 Å². The molecule has 0 fully saturated rings. The Hall–Kier alpha value is -1.34. The normalized spacial score (nSPS) is 9.37. The van der Waals surface area contributed by atoms with Crippen molar-refractivity contribution in [1.82, 2.24) is 4.98 Å². The van der Waals surface area contributed by atoms with E-state index in [0.29, 0.717) is 12.8 Å². The van der Waals surface area contributed by atoms with E-state index in [-0.39, 0.29) is 24.0 Å². The maximum atomic E-state index is 8.71. The fourth-order valence-corrected chi connectivity index (χ4v) is 4.75. The number of halogens is 2. The standard InChI is InChI=1S/C11H11N2S.C9H6N2S.C2H5I.HI/c1-2-13-9-5-3-4-6-10(9)14-11(13)7-8-12;10-6-5-9-11-7-3-1-2-4-8(7)12-9;1-2-3;/h3-6H,2,7H2,1H3;1-4H,5H2;2H2,1H3;1H/q+1;;;/p-1. The summed E-state index contributed by atoms with van der Waals surface area (Å²) in [5.41, 5.74) is 2.23. The zero-order valence-corrected chi connectivity index (χ0v) is 22.8. The summed E-state index contributed by atoms with van der Waals surface area (Å²) < 4.78 is 5.85. The second-order valence-corrected chi connectivity index (χ2v) is 9.48. The zero-order chi connectivity index (χ0) is 21.1. The maximum absolute atomic E-state index is 8.71. The average Bonchev–Trinajstić information content (AvgIpc) is 3.29. The van der Waals surface area contributed by atoms with Crippen LogP contribution in [0.15, 0.2) is 48.5 Å². The molecule has 0 spiro atoms. The first kappa shape index (κ1) is 26.7. The molecule has 0 saturated heterocycles. The van der Waals surface area contributed by atoms with Gasteiger partial charge in [0.1, 0.15) is 22.7 Å². The number of benzene rings is 2. The van der Waals surface area contributed by atoms with Gasteiger partial charge in [-0.05, 0) is 29.6 Å². The van der Waals surface area contributed by atoms with E-state index >= 15 is 0 Å².